The minimum atomic E-state index is -0.217. The van der Waals surface area contributed by atoms with E-state index in [1.54, 1.807) is 30.5 Å². The van der Waals surface area contributed by atoms with Gasteiger partial charge in [-0.3, -0.25) is 14.6 Å². The van der Waals surface area contributed by atoms with Gasteiger partial charge in [0.15, 0.2) is 0 Å². The molecule has 6 heteroatoms. The fraction of sp³-hybridized carbons (Fsp3) is 0.643. The Morgan fingerprint density at radius 3 is 2.85 bits per heavy atom. The van der Waals surface area contributed by atoms with Crippen LogP contribution in [0.25, 0.3) is 0 Å². The van der Waals surface area contributed by atoms with E-state index in [4.69, 9.17) is 4.74 Å². The number of aromatic nitrogens is 2. The number of ether oxygens (including phenoxy) is 1. The molecule has 20 heavy (non-hydrogen) atoms. The molecule has 2 aliphatic heterocycles. The second-order valence-corrected chi connectivity index (χ2v) is 5.59. The van der Waals surface area contributed by atoms with E-state index in [2.05, 4.69) is 14.9 Å². The van der Waals surface area contributed by atoms with Gasteiger partial charge in [-0.1, -0.05) is 0 Å². The minimum Gasteiger partial charge on any atom is -0.383 e. The number of β-lactam (4-membered cyclic amide) rings is 1. The van der Waals surface area contributed by atoms with Crippen LogP contribution in [0.1, 0.15) is 12.8 Å². The summed E-state index contributed by atoms with van der Waals surface area (Å²) >= 11 is 0. The van der Waals surface area contributed by atoms with Gasteiger partial charge in [0.2, 0.25) is 11.9 Å². The maximum atomic E-state index is 12.5. The first kappa shape index (κ1) is 13.5. The van der Waals surface area contributed by atoms with Crippen LogP contribution in [0.2, 0.25) is 0 Å². The highest BCUT2D eigenvalue weighted by molar-refractivity contribution is 6.03. The Morgan fingerprint density at radius 1 is 1.35 bits per heavy atom. The maximum Gasteiger partial charge on any atom is 0.238 e. The van der Waals surface area contributed by atoms with Gasteiger partial charge in [-0.25, -0.2) is 9.97 Å². The van der Waals surface area contributed by atoms with E-state index in [0.717, 1.165) is 45.6 Å². The van der Waals surface area contributed by atoms with Crippen LogP contribution >= 0.6 is 0 Å². The number of carbonyl (C=O) groups excluding carboxylic acids is 1. The van der Waals surface area contributed by atoms with Gasteiger partial charge in [0.1, 0.15) is 0 Å². The number of hydrogen-bond acceptors (Lipinski definition) is 5. The summed E-state index contributed by atoms with van der Waals surface area (Å²) in [4.78, 5) is 24.9. The first-order chi connectivity index (χ1) is 9.75. The van der Waals surface area contributed by atoms with Crippen molar-refractivity contribution in [3.63, 3.8) is 0 Å². The van der Waals surface area contributed by atoms with Gasteiger partial charge < -0.3 is 4.74 Å². The first-order valence-electron chi connectivity index (χ1n) is 7.05. The second-order valence-electron chi connectivity index (χ2n) is 5.59. The average molecular weight is 276 g/mol. The lowest BCUT2D eigenvalue weighted by Gasteiger charge is -2.52. The van der Waals surface area contributed by atoms with Crippen molar-refractivity contribution in [3.8, 4) is 0 Å². The predicted molar refractivity (Wildman–Crippen MR) is 74.4 cm³/mol. The van der Waals surface area contributed by atoms with Crippen LogP contribution in [0.4, 0.5) is 5.95 Å². The van der Waals surface area contributed by atoms with E-state index in [-0.39, 0.29) is 11.3 Å². The Hall–Kier alpha value is -1.53. The molecule has 1 spiro atoms. The number of carbonyl (C=O) groups is 1. The average Bonchev–Trinajstić information content (AvgIpc) is 2.51. The summed E-state index contributed by atoms with van der Waals surface area (Å²) in [7, 11) is 1.71. The third kappa shape index (κ3) is 2.29. The lowest BCUT2D eigenvalue weighted by atomic mass is 9.72. The first-order valence-corrected chi connectivity index (χ1v) is 7.05. The van der Waals surface area contributed by atoms with E-state index in [0.29, 0.717) is 5.95 Å². The fourth-order valence-electron chi connectivity index (χ4n) is 3.17. The molecule has 2 fully saturated rings. The third-order valence-electron chi connectivity index (χ3n) is 4.22. The topological polar surface area (TPSA) is 58.6 Å². The fourth-order valence-corrected chi connectivity index (χ4v) is 3.17. The quantitative estimate of drug-likeness (QED) is 0.752. The number of nitrogens with zero attached hydrogens (tertiary/aromatic N) is 4. The monoisotopic (exact) mass is 276 g/mol. The van der Waals surface area contributed by atoms with Gasteiger partial charge >= 0.3 is 0 Å². The summed E-state index contributed by atoms with van der Waals surface area (Å²) in [6, 6.07) is 1.76. The molecule has 0 aliphatic carbocycles. The molecule has 0 N–H and O–H groups in total. The molecule has 2 aliphatic rings. The van der Waals surface area contributed by atoms with Crippen molar-refractivity contribution >= 4 is 11.9 Å². The lowest BCUT2D eigenvalue weighted by molar-refractivity contribution is -0.139. The van der Waals surface area contributed by atoms with Crippen LogP contribution in [0.3, 0.4) is 0 Å². The second kappa shape index (κ2) is 5.46. The van der Waals surface area contributed by atoms with Crippen molar-refractivity contribution in [2.75, 3.05) is 44.8 Å². The molecule has 0 bridgehead atoms. The Morgan fingerprint density at radius 2 is 2.15 bits per heavy atom. The normalized spacial score (nSPS) is 26.9. The van der Waals surface area contributed by atoms with E-state index in [1.807, 2.05) is 0 Å². The zero-order valence-electron chi connectivity index (χ0n) is 11.8. The van der Waals surface area contributed by atoms with Crippen molar-refractivity contribution in [3.05, 3.63) is 18.5 Å². The summed E-state index contributed by atoms with van der Waals surface area (Å²) in [6.45, 7) is 4.24. The SMILES string of the molecule is COCCN1CCC[C@]2(C1)CN(c1ncccn1)C2=O. The van der Waals surface area contributed by atoms with Crippen molar-refractivity contribution < 1.29 is 9.53 Å². The van der Waals surface area contributed by atoms with Crippen LogP contribution in [-0.4, -0.2) is 60.7 Å². The molecule has 1 atom stereocenters. The zero-order valence-corrected chi connectivity index (χ0v) is 11.8. The summed E-state index contributed by atoms with van der Waals surface area (Å²) in [5, 5.41) is 0. The van der Waals surface area contributed by atoms with E-state index in [9.17, 15) is 4.79 Å². The minimum absolute atomic E-state index is 0.172. The van der Waals surface area contributed by atoms with Crippen LogP contribution in [0.15, 0.2) is 18.5 Å². The molecule has 3 heterocycles. The van der Waals surface area contributed by atoms with Gasteiger partial charge in [-0.15, -0.1) is 0 Å². The molecule has 1 aromatic heterocycles. The van der Waals surface area contributed by atoms with Gasteiger partial charge in [0.25, 0.3) is 0 Å². The van der Waals surface area contributed by atoms with E-state index in [1.165, 1.54) is 0 Å². The Labute approximate surface area is 118 Å². The van der Waals surface area contributed by atoms with E-state index >= 15 is 0 Å². The van der Waals surface area contributed by atoms with Gasteiger partial charge in [0.05, 0.1) is 12.0 Å². The molecule has 1 amide bonds. The molecule has 3 rings (SSSR count). The summed E-state index contributed by atoms with van der Waals surface area (Å²) in [5.41, 5.74) is -0.217. The van der Waals surface area contributed by atoms with Crippen LogP contribution in [0.5, 0.6) is 0 Å². The summed E-state index contributed by atoms with van der Waals surface area (Å²) < 4.78 is 5.12. The number of likely N-dealkylation sites (tertiary alicyclic amines) is 1. The molecule has 1 aromatic rings. The van der Waals surface area contributed by atoms with Crippen molar-refractivity contribution in [1.29, 1.82) is 0 Å². The zero-order chi connectivity index (χ0) is 14.0. The number of anilines is 1. The predicted octanol–water partition coefficient (Wildman–Crippen LogP) is 0.552. The van der Waals surface area contributed by atoms with Crippen molar-refractivity contribution in [2.24, 2.45) is 5.41 Å². The Kier molecular flexibility index (Phi) is 3.67. The molecule has 0 radical (unpaired) electrons. The Balaban J connectivity index is 1.65. The largest absolute Gasteiger partial charge is 0.383 e. The maximum absolute atomic E-state index is 12.5. The van der Waals surface area contributed by atoms with Crippen molar-refractivity contribution in [2.45, 2.75) is 12.8 Å². The third-order valence-corrected chi connectivity index (χ3v) is 4.22. The van der Waals surface area contributed by atoms with Gasteiger partial charge in [0, 0.05) is 39.1 Å². The standard InChI is InChI=1S/C14H20N4O2/c1-20-9-8-17-7-2-4-14(10-17)11-18(12(14)19)13-15-5-3-6-16-13/h3,5-6H,2,4,7-11H2,1H3/t14-/m0/s1. The highest BCUT2D eigenvalue weighted by Crippen LogP contribution is 2.41. The highest BCUT2D eigenvalue weighted by atomic mass is 16.5. The van der Waals surface area contributed by atoms with E-state index < -0.39 is 0 Å². The number of amides is 1. The smallest absolute Gasteiger partial charge is 0.238 e. The van der Waals surface area contributed by atoms with Gasteiger partial charge in [-0.2, -0.15) is 0 Å². The molecule has 6 nitrogen and oxygen atoms in total. The summed E-state index contributed by atoms with van der Waals surface area (Å²) in [5.74, 6) is 0.697. The molecule has 0 saturated carbocycles. The molecular formula is C14H20N4O2. The number of rotatable bonds is 4. The number of hydrogen-bond donors (Lipinski definition) is 0. The molecular weight excluding hydrogens is 256 g/mol. The van der Waals surface area contributed by atoms with Crippen LogP contribution < -0.4 is 4.90 Å². The van der Waals surface area contributed by atoms with Gasteiger partial charge in [-0.05, 0) is 25.5 Å². The number of methoxy groups -OCH3 is 1. The molecule has 108 valence electrons. The van der Waals surface area contributed by atoms with Crippen LogP contribution in [0, 0.1) is 5.41 Å². The lowest BCUT2D eigenvalue weighted by Crippen LogP contribution is -2.67. The Bertz CT molecular complexity index is 481. The highest BCUT2D eigenvalue weighted by Gasteiger charge is 2.54. The van der Waals surface area contributed by atoms with Crippen molar-refractivity contribution in [1.82, 2.24) is 14.9 Å². The molecule has 2 saturated heterocycles. The number of piperidine rings is 1. The van der Waals surface area contributed by atoms with Crippen LogP contribution in [-0.2, 0) is 9.53 Å². The summed E-state index contributed by atoms with van der Waals surface area (Å²) in [6.07, 6.45) is 5.39. The molecule has 0 unspecified atom stereocenters. The molecule has 0 aromatic carbocycles.